The lowest BCUT2D eigenvalue weighted by molar-refractivity contribution is -0.148. The molecule has 1 fully saturated rings. The van der Waals surface area contributed by atoms with E-state index >= 15 is 0 Å². The Labute approximate surface area is 230 Å². The fraction of sp³-hybridized carbons (Fsp3) is 0.433. The molecule has 1 saturated carbocycles. The van der Waals surface area contributed by atoms with Gasteiger partial charge < -0.3 is 31.5 Å². The first-order valence-electron chi connectivity index (χ1n) is 13.6. The molecular formula is C30H33N3O7. The van der Waals surface area contributed by atoms with E-state index in [1.807, 2.05) is 24.3 Å². The van der Waals surface area contributed by atoms with E-state index in [-0.39, 0.29) is 29.7 Å². The summed E-state index contributed by atoms with van der Waals surface area (Å²) in [5.74, 6) is -5.73. The Kier molecular flexibility index (Phi) is 6.06. The minimum Gasteiger partial charge on any atom is -0.510 e. The smallest absolute Gasteiger partial charge is 0.255 e. The zero-order chi connectivity index (χ0) is 28.7. The van der Waals surface area contributed by atoms with E-state index in [2.05, 4.69) is 5.32 Å². The van der Waals surface area contributed by atoms with E-state index in [0.29, 0.717) is 17.5 Å². The Morgan fingerprint density at radius 1 is 1.15 bits per heavy atom. The number of phenolic OH excluding ortho intramolecular Hbond substituents is 1. The fourth-order valence-corrected chi connectivity index (χ4v) is 6.92. The van der Waals surface area contributed by atoms with E-state index in [0.717, 1.165) is 23.4 Å². The second kappa shape index (κ2) is 9.15. The average molecular weight is 548 g/mol. The van der Waals surface area contributed by atoms with E-state index in [4.69, 9.17) is 5.73 Å². The van der Waals surface area contributed by atoms with Crippen molar-refractivity contribution in [3.8, 4) is 5.75 Å². The molecule has 0 saturated heterocycles. The molecule has 0 bridgehead atoms. The lowest BCUT2D eigenvalue weighted by Gasteiger charge is -2.50. The molecule has 0 spiro atoms. The van der Waals surface area contributed by atoms with Crippen molar-refractivity contribution in [2.75, 3.05) is 20.6 Å². The summed E-state index contributed by atoms with van der Waals surface area (Å²) in [6, 6.07) is 6.57. The highest BCUT2D eigenvalue weighted by molar-refractivity contribution is 6.25. The van der Waals surface area contributed by atoms with Crippen LogP contribution in [0.5, 0.6) is 5.75 Å². The highest BCUT2D eigenvalue weighted by Gasteiger charge is 2.63. The Hall–Kier alpha value is -3.73. The van der Waals surface area contributed by atoms with E-state index < -0.39 is 58.0 Å². The summed E-state index contributed by atoms with van der Waals surface area (Å²) < 4.78 is 0. The molecule has 0 aliphatic heterocycles. The van der Waals surface area contributed by atoms with E-state index in [9.17, 15) is 34.8 Å². The van der Waals surface area contributed by atoms with E-state index in [1.165, 1.54) is 17.7 Å². The van der Waals surface area contributed by atoms with Crippen LogP contribution in [0.3, 0.4) is 0 Å². The minimum atomic E-state index is -2.64. The molecule has 1 amide bonds. The zero-order valence-electron chi connectivity index (χ0n) is 22.4. The summed E-state index contributed by atoms with van der Waals surface area (Å²) in [5.41, 5.74) is 3.35. The van der Waals surface area contributed by atoms with Crippen molar-refractivity contribution >= 4 is 28.2 Å². The van der Waals surface area contributed by atoms with Gasteiger partial charge in [0, 0.05) is 23.4 Å². The number of phenols is 1. The van der Waals surface area contributed by atoms with Crippen LogP contribution in [0.2, 0.25) is 0 Å². The van der Waals surface area contributed by atoms with Gasteiger partial charge in [0.1, 0.15) is 22.8 Å². The number of aromatic hydroxyl groups is 1. The number of carbonyl (C=O) groups excluding carboxylic acids is 3. The van der Waals surface area contributed by atoms with Crippen LogP contribution >= 0.6 is 0 Å². The largest absolute Gasteiger partial charge is 0.510 e. The minimum absolute atomic E-state index is 0.0244. The van der Waals surface area contributed by atoms with Crippen LogP contribution in [-0.4, -0.2) is 75.1 Å². The first-order chi connectivity index (χ1) is 18.9. The SMILES string of the molecule is CN(C)[C@@H]1C(O)=C(C(N)=O)C(=O)[C@@]2(O)C(O)=C3C(=O)c4c(cc5ccc(CNCC6CC6)cc5c4O)C[C@H]3C[C@@H]12. The number of hydrogen-bond acceptors (Lipinski definition) is 9. The summed E-state index contributed by atoms with van der Waals surface area (Å²) in [4.78, 5) is 41.0. The van der Waals surface area contributed by atoms with Gasteiger partial charge in [0.2, 0.25) is 5.78 Å². The number of ketones is 2. The standard InChI is InChI=1S/C30H33N3O7/c1-33(2)23-19-10-17-9-16-8-15-6-5-14(12-32-11-13-3-4-13)7-18(15)24(34)20(16)25(35)21(17)27(37)30(19,40)28(38)22(26(23)36)29(31)39/h5-8,13,17,19,23,32,34,36-37,40H,3-4,9-12H2,1-2H3,(H2,31,39)/t17-,19-,23-,30-/m0/s1. The number of nitrogens with one attached hydrogen (secondary N) is 1. The van der Waals surface area contributed by atoms with Crippen LogP contribution in [0.25, 0.3) is 10.8 Å². The molecule has 0 heterocycles. The molecule has 0 aromatic heterocycles. The fourth-order valence-electron chi connectivity index (χ4n) is 6.92. The molecule has 2 aromatic rings. The molecule has 4 aliphatic rings. The maximum Gasteiger partial charge on any atom is 0.255 e. The third-order valence-electron chi connectivity index (χ3n) is 9.05. The number of hydrogen-bond donors (Lipinski definition) is 6. The summed E-state index contributed by atoms with van der Waals surface area (Å²) in [6.07, 6.45) is 2.81. The van der Waals surface area contributed by atoms with Gasteiger partial charge in [-0.15, -0.1) is 0 Å². The molecule has 10 nitrogen and oxygen atoms in total. The quantitative estimate of drug-likeness (QED) is 0.295. The van der Waals surface area contributed by atoms with Crippen LogP contribution in [0.4, 0.5) is 0 Å². The van der Waals surface area contributed by atoms with Crippen LogP contribution in [0.15, 0.2) is 46.9 Å². The summed E-state index contributed by atoms with van der Waals surface area (Å²) >= 11 is 0. The number of rotatable bonds is 6. The van der Waals surface area contributed by atoms with Gasteiger partial charge >= 0.3 is 0 Å². The molecule has 2 aromatic carbocycles. The van der Waals surface area contributed by atoms with Crippen LogP contribution in [0, 0.1) is 17.8 Å². The summed E-state index contributed by atoms with van der Waals surface area (Å²) in [7, 11) is 3.21. The van der Waals surface area contributed by atoms with Gasteiger partial charge in [0.25, 0.3) is 5.91 Å². The Morgan fingerprint density at radius 2 is 1.88 bits per heavy atom. The normalized spacial score (nSPS) is 28.1. The Bertz CT molecular complexity index is 1550. The maximum absolute atomic E-state index is 13.9. The number of likely N-dealkylation sites (N-methyl/N-ethyl adjacent to an activating group) is 1. The van der Waals surface area contributed by atoms with Crippen molar-refractivity contribution in [2.24, 2.45) is 23.5 Å². The van der Waals surface area contributed by atoms with Gasteiger partial charge in [0.15, 0.2) is 11.4 Å². The predicted octanol–water partition coefficient (Wildman–Crippen LogP) is 1.77. The molecule has 7 N–H and O–H groups in total. The van der Waals surface area contributed by atoms with Gasteiger partial charge in [-0.3, -0.25) is 19.3 Å². The van der Waals surface area contributed by atoms with Gasteiger partial charge in [-0.25, -0.2) is 0 Å². The third kappa shape index (κ3) is 3.77. The second-order valence-electron chi connectivity index (χ2n) is 11.9. The highest BCUT2D eigenvalue weighted by atomic mass is 16.3. The van der Waals surface area contributed by atoms with Gasteiger partial charge in [-0.05, 0) is 80.7 Å². The number of fused-ring (bicyclic) bond motifs is 4. The number of aliphatic hydroxyl groups excluding tert-OH is 2. The van der Waals surface area contributed by atoms with Crippen molar-refractivity contribution in [1.82, 2.24) is 10.2 Å². The Morgan fingerprint density at radius 3 is 2.52 bits per heavy atom. The van der Waals surface area contributed by atoms with Gasteiger partial charge in [-0.1, -0.05) is 18.2 Å². The topological polar surface area (TPSA) is 173 Å². The number of allylic oxidation sites excluding steroid dienone is 1. The van der Waals surface area contributed by atoms with Crippen molar-refractivity contribution in [3.63, 3.8) is 0 Å². The van der Waals surface area contributed by atoms with E-state index in [1.54, 1.807) is 14.1 Å². The van der Waals surface area contributed by atoms with Crippen molar-refractivity contribution in [3.05, 3.63) is 63.6 Å². The number of Topliss-reactive ketones (excluding diaryl/α,β-unsaturated/α-hetero) is 2. The first-order valence-corrected chi connectivity index (χ1v) is 13.6. The zero-order valence-corrected chi connectivity index (χ0v) is 22.4. The molecule has 0 radical (unpaired) electrons. The Balaban J connectivity index is 1.45. The van der Waals surface area contributed by atoms with Crippen molar-refractivity contribution < 1.29 is 34.8 Å². The van der Waals surface area contributed by atoms with Crippen LogP contribution in [0.1, 0.15) is 40.7 Å². The third-order valence-corrected chi connectivity index (χ3v) is 9.05. The first kappa shape index (κ1) is 26.5. The molecule has 4 atom stereocenters. The maximum atomic E-state index is 13.9. The molecule has 10 heteroatoms. The highest BCUT2D eigenvalue weighted by Crippen LogP contribution is 2.52. The van der Waals surface area contributed by atoms with Gasteiger partial charge in [-0.2, -0.15) is 0 Å². The molecule has 0 unspecified atom stereocenters. The number of benzene rings is 2. The summed E-state index contributed by atoms with van der Waals surface area (Å²) in [5, 5.41) is 50.0. The van der Waals surface area contributed by atoms with Gasteiger partial charge in [0.05, 0.1) is 11.6 Å². The van der Waals surface area contributed by atoms with Crippen LogP contribution in [-0.2, 0) is 22.6 Å². The molecule has 210 valence electrons. The monoisotopic (exact) mass is 547 g/mol. The average Bonchev–Trinajstić information content (AvgIpc) is 3.70. The van der Waals surface area contributed by atoms with Crippen LogP contribution < -0.4 is 11.1 Å². The number of aliphatic hydroxyl groups is 3. The molecule has 40 heavy (non-hydrogen) atoms. The number of primary amides is 1. The lowest BCUT2D eigenvalue weighted by atomic mass is 9.58. The number of amides is 1. The number of carbonyl (C=O) groups is 3. The van der Waals surface area contributed by atoms with Crippen molar-refractivity contribution in [2.45, 2.75) is 43.9 Å². The second-order valence-corrected chi connectivity index (χ2v) is 11.9. The number of nitrogens with zero attached hydrogens (tertiary/aromatic N) is 1. The lowest BCUT2D eigenvalue weighted by Crippen LogP contribution is -2.63. The number of nitrogens with two attached hydrogens (primary N) is 1. The molecule has 4 aliphatic carbocycles. The predicted molar refractivity (Wildman–Crippen MR) is 146 cm³/mol. The molecular weight excluding hydrogens is 514 g/mol. The summed E-state index contributed by atoms with van der Waals surface area (Å²) in [6.45, 7) is 1.56. The van der Waals surface area contributed by atoms with Crippen molar-refractivity contribution in [1.29, 1.82) is 0 Å². The molecule has 6 rings (SSSR count).